The summed E-state index contributed by atoms with van der Waals surface area (Å²) >= 11 is 1.59. The third-order valence-corrected chi connectivity index (χ3v) is 5.41. The van der Waals surface area contributed by atoms with E-state index in [4.69, 9.17) is 4.74 Å². The third kappa shape index (κ3) is 4.83. The van der Waals surface area contributed by atoms with Gasteiger partial charge in [-0.05, 0) is 42.1 Å². The third-order valence-electron chi connectivity index (χ3n) is 4.48. The molecule has 1 amide bonds. The Morgan fingerprint density at radius 3 is 2.65 bits per heavy atom. The van der Waals surface area contributed by atoms with Gasteiger partial charge in [-0.15, -0.1) is 21.5 Å². The summed E-state index contributed by atoms with van der Waals surface area (Å²) in [5.74, 6) is -0.691. The summed E-state index contributed by atoms with van der Waals surface area (Å²) in [6.07, 6.45) is -3.86. The average molecular weight is 443 g/mol. The van der Waals surface area contributed by atoms with Crippen molar-refractivity contribution in [1.82, 2.24) is 15.5 Å². The standard InChI is InChI=1S/C22H16F3N3O2S/c23-22(24,25)14-5-3-6-15(13-14)30-21-19(17-8-1-2-9-18(17)27-28-21)20(29)26-11-10-16-7-4-12-31-16/h1-9,12-13H,10-11H2,(H,26,29). The first-order chi connectivity index (χ1) is 14.9. The van der Waals surface area contributed by atoms with E-state index in [0.29, 0.717) is 23.9 Å². The van der Waals surface area contributed by atoms with Crippen molar-refractivity contribution < 1.29 is 22.7 Å². The molecule has 0 aliphatic carbocycles. The lowest BCUT2D eigenvalue weighted by Gasteiger charge is -2.13. The Kier molecular flexibility index (Phi) is 5.85. The number of carbonyl (C=O) groups is 1. The van der Waals surface area contributed by atoms with Crippen LogP contribution in [0.1, 0.15) is 20.8 Å². The maximum absolute atomic E-state index is 13.0. The molecule has 0 atom stereocenters. The molecular weight excluding hydrogens is 427 g/mol. The molecule has 9 heteroatoms. The number of thiophene rings is 1. The van der Waals surface area contributed by atoms with Crippen molar-refractivity contribution in [2.45, 2.75) is 12.6 Å². The molecule has 0 spiro atoms. The molecule has 0 bridgehead atoms. The highest BCUT2D eigenvalue weighted by Gasteiger charge is 2.31. The van der Waals surface area contributed by atoms with E-state index in [-0.39, 0.29) is 17.2 Å². The number of carbonyl (C=O) groups excluding carboxylic acids is 1. The molecule has 5 nitrogen and oxygen atoms in total. The minimum Gasteiger partial charge on any atom is -0.437 e. The Balaban J connectivity index is 1.65. The summed E-state index contributed by atoms with van der Waals surface area (Å²) in [5.41, 5.74) is -0.266. The fraction of sp³-hybridized carbons (Fsp3) is 0.136. The number of rotatable bonds is 6. The number of ether oxygens (including phenoxy) is 1. The number of benzene rings is 2. The predicted octanol–water partition coefficient (Wildman–Crippen LogP) is 5.47. The van der Waals surface area contributed by atoms with E-state index in [0.717, 1.165) is 17.0 Å². The number of nitrogens with zero attached hydrogens (tertiary/aromatic N) is 2. The van der Waals surface area contributed by atoms with Crippen LogP contribution >= 0.6 is 11.3 Å². The van der Waals surface area contributed by atoms with Crippen LogP contribution in [-0.2, 0) is 12.6 Å². The summed E-state index contributed by atoms with van der Waals surface area (Å²) in [6, 6.07) is 15.2. The van der Waals surface area contributed by atoms with Gasteiger partial charge in [0.15, 0.2) is 0 Å². The predicted molar refractivity (Wildman–Crippen MR) is 111 cm³/mol. The molecule has 0 aliphatic rings. The van der Waals surface area contributed by atoms with Crippen LogP contribution < -0.4 is 10.1 Å². The van der Waals surface area contributed by atoms with Gasteiger partial charge in [0.05, 0.1) is 11.1 Å². The van der Waals surface area contributed by atoms with E-state index >= 15 is 0 Å². The summed E-state index contributed by atoms with van der Waals surface area (Å²) in [4.78, 5) is 14.1. The molecule has 4 rings (SSSR count). The summed E-state index contributed by atoms with van der Waals surface area (Å²) in [5, 5.41) is 13.3. The fourth-order valence-corrected chi connectivity index (χ4v) is 3.73. The molecule has 2 aromatic carbocycles. The lowest BCUT2D eigenvalue weighted by molar-refractivity contribution is -0.137. The molecule has 0 radical (unpaired) electrons. The van der Waals surface area contributed by atoms with E-state index < -0.39 is 17.6 Å². The number of halogens is 3. The molecule has 0 saturated heterocycles. The fourth-order valence-electron chi connectivity index (χ4n) is 3.02. The van der Waals surface area contributed by atoms with Gasteiger partial charge in [-0.25, -0.2) is 0 Å². The van der Waals surface area contributed by atoms with Gasteiger partial charge >= 0.3 is 6.18 Å². The topological polar surface area (TPSA) is 64.1 Å². The van der Waals surface area contributed by atoms with Crippen molar-refractivity contribution >= 4 is 28.1 Å². The lowest BCUT2D eigenvalue weighted by Crippen LogP contribution is -2.26. The summed E-state index contributed by atoms with van der Waals surface area (Å²) in [7, 11) is 0. The van der Waals surface area contributed by atoms with Crippen LogP contribution in [0, 0.1) is 0 Å². The van der Waals surface area contributed by atoms with Gasteiger partial charge in [0.1, 0.15) is 11.3 Å². The largest absolute Gasteiger partial charge is 0.437 e. The second-order valence-electron chi connectivity index (χ2n) is 6.61. The van der Waals surface area contributed by atoms with Gasteiger partial charge in [0.2, 0.25) is 0 Å². The number of aromatic nitrogens is 2. The van der Waals surface area contributed by atoms with Crippen molar-refractivity contribution in [3.63, 3.8) is 0 Å². The van der Waals surface area contributed by atoms with Crippen LogP contribution in [-0.4, -0.2) is 22.6 Å². The molecule has 0 unspecified atom stereocenters. The molecule has 2 heterocycles. The van der Waals surface area contributed by atoms with Gasteiger partial charge in [0, 0.05) is 16.8 Å². The van der Waals surface area contributed by atoms with Crippen LogP contribution in [0.4, 0.5) is 13.2 Å². The number of hydrogen-bond acceptors (Lipinski definition) is 5. The number of fused-ring (bicyclic) bond motifs is 1. The molecular formula is C22H16F3N3O2S. The Bertz CT molecular complexity index is 1210. The number of nitrogens with one attached hydrogen (secondary N) is 1. The molecule has 4 aromatic rings. The van der Waals surface area contributed by atoms with Crippen molar-refractivity contribution in [1.29, 1.82) is 0 Å². The van der Waals surface area contributed by atoms with Gasteiger partial charge < -0.3 is 10.1 Å². The Labute approximate surface area is 179 Å². The number of alkyl halides is 3. The highest BCUT2D eigenvalue weighted by atomic mass is 32.1. The van der Waals surface area contributed by atoms with E-state index in [1.165, 1.54) is 12.1 Å². The molecule has 2 aromatic heterocycles. The van der Waals surface area contributed by atoms with E-state index in [1.54, 1.807) is 35.6 Å². The zero-order valence-corrected chi connectivity index (χ0v) is 16.8. The first-order valence-electron chi connectivity index (χ1n) is 9.33. The maximum Gasteiger partial charge on any atom is 0.416 e. The first kappa shape index (κ1) is 20.8. The lowest BCUT2D eigenvalue weighted by atomic mass is 10.1. The van der Waals surface area contributed by atoms with Gasteiger partial charge in [0.25, 0.3) is 11.8 Å². The van der Waals surface area contributed by atoms with E-state index in [2.05, 4.69) is 15.5 Å². The van der Waals surface area contributed by atoms with Crippen molar-refractivity contribution in [2.24, 2.45) is 0 Å². The molecule has 0 fully saturated rings. The van der Waals surface area contributed by atoms with Gasteiger partial charge in [-0.3, -0.25) is 4.79 Å². The zero-order chi connectivity index (χ0) is 21.8. The Hall–Kier alpha value is -3.46. The van der Waals surface area contributed by atoms with Crippen LogP contribution in [0.2, 0.25) is 0 Å². The minimum atomic E-state index is -4.52. The van der Waals surface area contributed by atoms with Gasteiger partial charge in [-0.2, -0.15) is 13.2 Å². The highest BCUT2D eigenvalue weighted by molar-refractivity contribution is 7.09. The summed E-state index contributed by atoms with van der Waals surface area (Å²) in [6.45, 7) is 0.388. The monoisotopic (exact) mass is 443 g/mol. The molecule has 31 heavy (non-hydrogen) atoms. The molecule has 158 valence electrons. The van der Waals surface area contributed by atoms with Crippen LogP contribution in [0.25, 0.3) is 10.9 Å². The van der Waals surface area contributed by atoms with E-state index in [1.807, 2.05) is 17.5 Å². The average Bonchev–Trinajstić information content (AvgIpc) is 3.26. The second-order valence-corrected chi connectivity index (χ2v) is 7.64. The van der Waals surface area contributed by atoms with Crippen molar-refractivity contribution in [3.8, 4) is 11.6 Å². The van der Waals surface area contributed by atoms with E-state index in [9.17, 15) is 18.0 Å². The normalized spacial score (nSPS) is 11.5. The first-order valence-corrected chi connectivity index (χ1v) is 10.2. The quantitative estimate of drug-likeness (QED) is 0.429. The van der Waals surface area contributed by atoms with Crippen LogP contribution in [0.15, 0.2) is 66.0 Å². The second kappa shape index (κ2) is 8.73. The van der Waals surface area contributed by atoms with Crippen LogP contribution in [0.5, 0.6) is 11.6 Å². The highest BCUT2D eigenvalue weighted by Crippen LogP contribution is 2.34. The SMILES string of the molecule is O=C(NCCc1cccs1)c1c(Oc2cccc(C(F)(F)F)c2)nnc2ccccc12. The molecule has 0 aliphatic heterocycles. The number of amides is 1. The van der Waals surface area contributed by atoms with Gasteiger partial charge in [-0.1, -0.05) is 30.3 Å². The summed E-state index contributed by atoms with van der Waals surface area (Å²) < 4.78 is 44.7. The van der Waals surface area contributed by atoms with Crippen molar-refractivity contribution in [2.75, 3.05) is 6.54 Å². The Morgan fingerprint density at radius 1 is 1.03 bits per heavy atom. The molecule has 0 saturated carbocycles. The maximum atomic E-state index is 13.0. The smallest absolute Gasteiger partial charge is 0.416 e. The van der Waals surface area contributed by atoms with Crippen molar-refractivity contribution in [3.05, 3.63) is 82.0 Å². The zero-order valence-electron chi connectivity index (χ0n) is 16.0. The Morgan fingerprint density at radius 2 is 1.87 bits per heavy atom. The number of hydrogen-bond donors (Lipinski definition) is 1. The minimum absolute atomic E-state index is 0.0907. The molecule has 1 N–H and O–H groups in total. The van der Waals surface area contributed by atoms with Crippen LogP contribution in [0.3, 0.4) is 0 Å².